The molecule has 0 fully saturated rings. The lowest BCUT2D eigenvalue weighted by atomic mass is 10.1. The van der Waals surface area contributed by atoms with Crippen molar-refractivity contribution in [2.45, 2.75) is 0 Å². The highest BCUT2D eigenvalue weighted by molar-refractivity contribution is 14.1. The number of benzene rings is 1. The van der Waals surface area contributed by atoms with Crippen LogP contribution in [0.15, 0.2) is 48.2 Å². The molecule has 1 aromatic rings. The first kappa shape index (κ1) is 7.84. The van der Waals surface area contributed by atoms with Crippen LogP contribution in [-0.2, 0) is 0 Å². The van der Waals surface area contributed by atoms with Crippen molar-refractivity contribution < 1.29 is 0 Å². The van der Waals surface area contributed by atoms with Crippen LogP contribution in [-0.4, -0.2) is 0 Å². The van der Waals surface area contributed by atoms with Gasteiger partial charge in [0.1, 0.15) is 0 Å². The molecule has 0 unspecified atom stereocenters. The van der Waals surface area contributed by atoms with Crippen LogP contribution >= 0.6 is 22.6 Å². The molecule has 12 heavy (non-hydrogen) atoms. The van der Waals surface area contributed by atoms with E-state index in [2.05, 4.69) is 58.7 Å². The average molecular weight is 266 g/mol. The van der Waals surface area contributed by atoms with Gasteiger partial charge >= 0.3 is 0 Å². The molecule has 0 radical (unpaired) electrons. The van der Waals surface area contributed by atoms with Crippen LogP contribution in [0, 0.1) is 3.57 Å². The van der Waals surface area contributed by atoms with Crippen molar-refractivity contribution in [3.63, 3.8) is 0 Å². The first-order chi connectivity index (χ1) is 5.86. The predicted molar refractivity (Wildman–Crippen MR) is 59.8 cm³/mol. The summed E-state index contributed by atoms with van der Waals surface area (Å²) in [4.78, 5) is 0. The molecule has 0 aliphatic heterocycles. The van der Waals surface area contributed by atoms with E-state index in [1.54, 1.807) is 0 Å². The maximum atomic E-state index is 3.17. The van der Waals surface area contributed by atoms with Crippen LogP contribution in [0.3, 0.4) is 0 Å². The van der Waals surface area contributed by atoms with Gasteiger partial charge in [0.25, 0.3) is 0 Å². The highest BCUT2D eigenvalue weighted by atomic mass is 127. The Morgan fingerprint density at radius 2 is 1.83 bits per heavy atom. The van der Waals surface area contributed by atoms with Gasteiger partial charge in [-0.2, -0.15) is 0 Å². The Hall–Kier alpha value is -0.790. The molecular weight excluding hydrogens is 259 g/mol. The number of rotatable bonds is 1. The molecule has 0 nitrogen and oxygen atoms in total. The summed E-state index contributed by atoms with van der Waals surface area (Å²) in [6.07, 6.45) is 6.02. The Balaban J connectivity index is 2.42. The zero-order valence-corrected chi connectivity index (χ0v) is 8.58. The third-order valence-electron chi connectivity index (χ3n) is 1.75. The van der Waals surface area contributed by atoms with Crippen molar-refractivity contribution in [3.05, 3.63) is 57.4 Å². The van der Waals surface area contributed by atoms with E-state index in [1.807, 2.05) is 12.2 Å². The summed E-state index contributed by atoms with van der Waals surface area (Å²) in [5.41, 5.74) is 5.58. The first-order valence-electron chi connectivity index (χ1n) is 3.75. The third kappa shape index (κ3) is 1.52. The van der Waals surface area contributed by atoms with Crippen molar-refractivity contribution in [1.82, 2.24) is 0 Å². The van der Waals surface area contributed by atoms with Crippen LogP contribution in [0.1, 0.15) is 5.56 Å². The summed E-state index contributed by atoms with van der Waals surface area (Å²) in [7, 11) is 0. The van der Waals surface area contributed by atoms with E-state index in [-0.39, 0.29) is 0 Å². The summed E-state index contributed by atoms with van der Waals surface area (Å²) in [5, 5.41) is 0. The highest BCUT2D eigenvalue weighted by Gasteiger charge is 1.97. The summed E-state index contributed by atoms with van der Waals surface area (Å²) in [5.74, 6) is 0. The van der Waals surface area contributed by atoms with E-state index < -0.39 is 0 Å². The number of allylic oxidation sites excluding steroid dienone is 3. The van der Waals surface area contributed by atoms with Crippen LogP contribution in [0.25, 0.3) is 5.57 Å². The van der Waals surface area contributed by atoms with Gasteiger partial charge in [0.2, 0.25) is 0 Å². The fourth-order valence-electron chi connectivity index (χ4n) is 1.14. The lowest BCUT2D eigenvalue weighted by Gasteiger charge is -1.97. The number of hydrogen-bond donors (Lipinski definition) is 0. The summed E-state index contributed by atoms with van der Waals surface area (Å²) < 4.78 is 1.27. The number of hydrogen-bond acceptors (Lipinski definition) is 0. The van der Waals surface area contributed by atoms with Gasteiger partial charge in [-0.05, 0) is 52.4 Å². The fourth-order valence-corrected chi connectivity index (χ4v) is 1.50. The van der Waals surface area contributed by atoms with E-state index in [1.165, 1.54) is 14.7 Å². The topological polar surface area (TPSA) is 0 Å². The van der Waals surface area contributed by atoms with Crippen LogP contribution in [0.2, 0.25) is 0 Å². The minimum Gasteiger partial charge on any atom is -0.112 e. The van der Waals surface area contributed by atoms with Gasteiger partial charge in [0, 0.05) is 9.14 Å². The monoisotopic (exact) mass is 266 g/mol. The lowest BCUT2D eigenvalue weighted by Crippen LogP contribution is -1.77. The Morgan fingerprint density at radius 3 is 2.42 bits per heavy atom. The maximum absolute atomic E-state index is 3.17. The normalized spacial score (nSPS) is 13.6. The second-order valence-electron chi connectivity index (χ2n) is 2.59. The molecule has 0 saturated heterocycles. The molecule has 1 aromatic carbocycles. The van der Waals surface area contributed by atoms with Crippen molar-refractivity contribution >= 4 is 28.2 Å². The van der Waals surface area contributed by atoms with Gasteiger partial charge in [-0.3, -0.25) is 0 Å². The second kappa shape index (κ2) is 3.30. The number of halogens is 1. The molecule has 0 aromatic heterocycles. The highest BCUT2D eigenvalue weighted by Crippen LogP contribution is 2.18. The fraction of sp³-hybridized carbons (Fsp3) is 0. The molecule has 58 valence electrons. The van der Waals surface area contributed by atoms with Crippen molar-refractivity contribution in [2.75, 3.05) is 0 Å². The molecule has 0 heterocycles. The quantitative estimate of drug-likeness (QED) is 0.540. The zero-order chi connectivity index (χ0) is 8.39. The van der Waals surface area contributed by atoms with Gasteiger partial charge in [-0.1, -0.05) is 18.2 Å². The molecule has 1 heteroatoms. The largest absolute Gasteiger partial charge is 0.112 e. The van der Waals surface area contributed by atoms with E-state index in [0.29, 0.717) is 0 Å². The first-order valence-corrected chi connectivity index (χ1v) is 4.83. The van der Waals surface area contributed by atoms with Gasteiger partial charge in [0.05, 0.1) is 0 Å². The lowest BCUT2D eigenvalue weighted by molar-refractivity contribution is 1.59. The Labute approximate surface area is 85.4 Å². The predicted octanol–water partition coefficient (Wildman–Crippen LogP) is 3.40. The van der Waals surface area contributed by atoms with Gasteiger partial charge in [0.15, 0.2) is 0 Å². The zero-order valence-electron chi connectivity index (χ0n) is 6.42. The molecule has 1 aliphatic carbocycles. The van der Waals surface area contributed by atoms with Gasteiger partial charge in [-0.15, -0.1) is 5.73 Å². The van der Waals surface area contributed by atoms with Crippen molar-refractivity contribution in [1.29, 1.82) is 0 Å². The summed E-state index contributed by atoms with van der Waals surface area (Å²) in [6.45, 7) is 0. The van der Waals surface area contributed by atoms with Crippen LogP contribution < -0.4 is 0 Å². The minimum atomic E-state index is 1.17. The van der Waals surface area contributed by atoms with Crippen LogP contribution in [0.4, 0.5) is 0 Å². The maximum Gasteiger partial charge on any atom is 0.0237 e. The molecule has 0 N–H and O–H groups in total. The molecule has 0 bridgehead atoms. The van der Waals surface area contributed by atoms with E-state index in [9.17, 15) is 0 Å². The van der Waals surface area contributed by atoms with Crippen molar-refractivity contribution in [3.8, 4) is 0 Å². The minimum absolute atomic E-state index is 1.17. The van der Waals surface area contributed by atoms with Gasteiger partial charge < -0.3 is 0 Å². The molecular formula is C11H7I. The van der Waals surface area contributed by atoms with E-state index in [0.717, 1.165) is 0 Å². The molecule has 2 rings (SSSR count). The molecule has 1 aliphatic rings. The standard InChI is InChI=1S/C11H7I/c12-11-7-5-10(6-8-11)9-3-1-2-4-9/h1-3,5-8H. The van der Waals surface area contributed by atoms with Crippen LogP contribution in [0.5, 0.6) is 0 Å². The molecule has 0 saturated carbocycles. The Kier molecular flexibility index (Phi) is 2.15. The molecule has 0 spiro atoms. The Bertz CT molecular complexity index is 376. The SMILES string of the molecule is Ic1ccc(C2=C=CC=C2)cc1. The van der Waals surface area contributed by atoms with Gasteiger partial charge in [-0.25, -0.2) is 0 Å². The summed E-state index contributed by atoms with van der Waals surface area (Å²) in [6, 6.07) is 8.45. The summed E-state index contributed by atoms with van der Waals surface area (Å²) >= 11 is 2.30. The third-order valence-corrected chi connectivity index (χ3v) is 2.47. The molecule has 0 amide bonds. The second-order valence-corrected chi connectivity index (χ2v) is 3.84. The molecule has 0 atom stereocenters. The van der Waals surface area contributed by atoms with E-state index in [4.69, 9.17) is 0 Å². The smallest absolute Gasteiger partial charge is 0.0237 e. The Morgan fingerprint density at radius 1 is 1.08 bits per heavy atom. The van der Waals surface area contributed by atoms with Crippen molar-refractivity contribution in [2.24, 2.45) is 0 Å². The van der Waals surface area contributed by atoms with E-state index >= 15 is 0 Å². The average Bonchev–Trinajstić information content (AvgIpc) is 2.58.